The number of hydrogen-bond donors (Lipinski definition) is 0. The van der Waals surface area contributed by atoms with Crippen molar-refractivity contribution in [2.75, 3.05) is 7.05 Å². The predicted molar refractivity (Wildman–Crippen MR) is 98.2 cm³/mol. The summed E-state index contributed by atoms with van der Waals surface area (Å²) in [5.41, 5.74) is 1.37. The highest BCUT2D eigenvalue weighted by molar-refractivity contribution is 7.14. The first kappa shape index (κ1) is 16.6. The molecule has 0 spiro atoms. The van der Waals surface area contributed by atoms with E-state index in [4.69, 9.17) is 11.6 Å². The summed E-state index contributed by atoms with van der Waals surface area (Å²) in [6.07, 6.45) is 1.56. The van der Waals surface area contributed by atoms with Gasteiger partial charge in [0.1, 0.15) is 5.02 Å². The summed E-state index contributed by atoms with van der Waals surface area (Å²) in [4.78, 5) is 16.5. The number of thiophene rings is 1. The molecule has 0 saturated heterocycles. The van der Waals surface area contributed by atoms with Crippen LogP contribution in [0.15, 0.2) is 51.2 Å². The SMILES string of the molecule is CN=c1scc(-c2cccs2)n1N=Cc1ccc(Cl)c([N+](=O)[O-])c1. The van der Waals surface area contributed by atoms with E-state index >= 15 is 0 Å². The Morgan fingerprint density at radius 3 is 2.83 bits per heavy atom. The van der Waals surface area contributed by atoms with E-state index < -0.39 is 4.92 Å². The molecule has 0 bridgehead atoms. The van der Waals surface area contributed by atoms with Gasteiger partial charge in [-0.1, -0.05) is 23.7 Å². The zero-order chi connectivity index (χ0) is 17.1. The van der Waals surface area contributed by atoms with E-state index in [1.54, 1.807) is 35.3 Å². The van der Waals surface area contributed by atoms with Gasteiger partial charge in [-0.3, -0.25) is 15.1 Å². The summed E-state index contributed by atoms with van der Waals surface area (Å²) in [5.74, 6) is 0. The predicted octanol–water partition coefficient (Wildman–Crippen LogP) is 4.25. The lowest BCUT2D eigenvalue weighted by Crippen LogP contribution is -2.11. The molecule has 122 valence electrons. The molecule has 0 amide bonds. The lowest BCUT2D eigenvalue weighted by molar-refractivity contribution is -0.384. The van der Waals surface area contributed by atoms with Crippen LogP contribution in [-0.2, 0) is 0 Å². The minimum absolute atomic E-state index is 0.101. The number of thiazole rings is 1. The molecule has 9 heteroatoms. The van der Waals surface area contributed by atoms with Crippen molar-refractivity contribution in [2.24, 2.45) is 10.1 Å². The minimum atomic E-state index is -0.513. The van der Waals surface area contributed by atoms with E-state index in [1.165, 1.54) is 23.5 Å². The summed E-state index contributed by atoms with van der Waals surface area (Å²) in [6.45, 7) is 0. The van der Waals surface area contributed by atoms with Crippen molar-refractivity contribution in [2.45, 2.75) is 0 Å². The highest BCUT2D eigenvalue weighted by Gasteiger charge is 2.12. The van der Waals surface area contributed by atoms with Crippen LogP contribution in [0, 0.1) is 10.1 Å². The molecule has 1 aromatic carbocycles. The van der Waals surface area contributed by atoms with Crippen molar-refractivity contribution in [3.8, 4) is 10.6 Å². The molecule has 0 fully saturated rings. The van der Waals surface area contributed by atoms with Crippen LogP contribution in [-0.4, -0.2) is 22.9 Å². The molecule has 24 heavy (non-hydrogen) atoms. The Balaban J connectivity index is 2.03. The van der Waals surface area contributed by atoms with Crippen LogP contribution in [0.5, 0.6) is 0 Å². The van der Waals surface area contributed by atoms with Crippen molar-refractivity contribution < 1.29 is 4.92 Å². The first-order chi connectivity index (χ1) is 11.6. The van der Waals surface area contributed by atoms with Gasteiger partial charge in [0, 0.05) is 24.1 Å². The Hall–Kier alpha value is -2.29. The molecule has 6 nitrogen and oxygen atoms in total. The van der Waals surface area contributed by atoms with Crippen molar-refractivity contribution >= 4 is 46.2 Å². The Morgan fingerprint density at radius 2 is 2.17 bits per heavy atom. The average Bonchev–Trinajstić information content (AvgIpc) is 3.22. The van der Waals surface area contributed by atoms with Crippen molar-refractivity contribution in [3.63, 3.8) is 0 Å². The van der Waals surface area contributed by atoms with Gasteiger partial charge in [-0.15, -0.1) is 22.7 Å². The van der Waals surface area contributed by atoms with E-state index in [2.05, 4.69) is 10.1 Å². The maximum absolute atomic E-state index is 11.0. The molecule has 2 heterocycles. The van der Waals surface area contributed by atoms with E-state index in [-0.39, 0.29) is 10.7 Å². The zero-order valence-electron chi connectivity index (χ0n) is 12.4. The van der Waals surface area contributed by atoms with Crippen molar-refractivity contribution in [3.05, 3.63) is 66.6 Å². The molecular weight excluding hydrogens is 368 g/mol. The Morgan fingerprint density at radius 1 is 1.33 bits per heavy atom. The molecule has 2 aromatic heterocycles. The van der Waals surface area contributed by atoms with Crippen LogP contribution in [0.3, 0.4) is 0 Å². The third-order valence-corrected chi connectivity index (χ3v) is 5.26. The lowest BCUT2D eigenvalue weighted by atomic mass is 10.2. The van der Waals surface area contributed by atoms with E-state index in [1.807, 2.05) is 22.9 Å². The van der Waals surface area contributed by atoms with Gasteiger partial charge in [0.05, 0.1) is 21.7 Å². The molecule has 0 unspecified atom stereocenters. The maximum atomic E-state index is 11.0. The Kier molecular flexibility index (Phi) is 4.89. The number of rotatable bonds is 4. The number of nitro benzene ring substituents is 1. The van der Waals surface area contributed by atoms with Gasteiger partial charge in [-0.2, -0.15) is 5.10 Å². The lowest BCUT2D eigenvalue weighted by Gasteiger charge is -2.01. The molecule has 0 atom stereocenters. The van der Waals surface area contributed by atoms with Gasteiger partial charge in [-0.05, 0) is 17.5 Å². The van der Waals surface area contributed by atoms with Gasteiger partial charge >= 0.3 is 0 Å². The summed E-state index contributed by atoms with van der Waals surface area (Å²) < 4.78 is 1.72. The summed E-state index contributed by atoms with van der Waals surface area (Å²) >= 11 is 8.92. The monoisotopic (exact) mass is 378 g/mol. The topological polar surface area (TPSA) is 72.8 Å². The third kappa shape index (κ3) is 3.30. The fraction of sp³-hybridized carbons (Fsp3) is 0.0667. The maximum Gasteiger partial charge on any atom is 0.288 e. The number of benzene rings is 1. The summed E-state index contributed by atoms with van der Waals surface area (Å²) in [6, 6.07) is 8.54. The molecule has 0 aliphatic carbocycles. The van der Waals surface area contributed by atoms with Gasteiger partial charge in [0.2, 0.25) is 4.80 Å². The molecule has 3 aromatic rings. The van der Waals surface area contributed by atoms with Gasteiger partial charge in [-0.25, -0.2) is 4.68 Å². The fourth-order valence-corrected chi connectivity index (χ4v) is 3.81. The number of aromatic nitrogens is 1. The Labute approximate surface area is 150 Å². The second-order valence-electron chi connectivity index (χ2n) is 4.63. The van der Waals surface area contributed by atoms with Gasteiger partial charge < -0.3 is 0 Å². The molecule has 0 N–H and O–H groups in total. The van der Waals surface area contributed by atoms with E-state index in [9.17, 15) is 10.1 Å². The van der Waals surface area contributed by atoms with Crippen LogP contribution in [0.4, 0.5) is 5.69 Å². The van der Waals surface area contributed by atoms with E-state index in [0.717, 1.165) is 15.4 Å². The van der Waals surface area contributed by atoms with Crippen molar-refractivity contribution in [1.29, 1.82) is 0 Å². The number of nitro groups is 1. The Bertz CT molecular complexity index is 974. The van der Waals surface area contributed by atoms with Crippen LogP contribution in [0.2, 0.25) is 5.02 Å². The van der Waals surface area contributed by atoms with Crippen molar-refractivity contribution in [1.82, 2.24) is 4.68 Å². The molecule has 0 saturated carbocycles. The van der Waals surface area contributed by atoms with Crippen LogP contribution >= 0.6 is 34.3 Å². The smallest absolute Gasteiger partial charge is 0.261 e. The zero-order valence-corrected chi connectivity index (χ0v) is 14.8. The first-order valence-electron chi connectivity index (χ1n) is 6.75. The standard InChI is InChI=1S/C15H11ClN4O2S2/c1-17-15-19(13(9-24-15)14-3-2-6-23-14)18-8-10-4-5-11(16)12(7-10)20(21)22/h2-9H,1H3. The minimum Gasteiger partial charge on any atom is -0.261 e. The largest absolute Gasteiger partial charge is 0.288 e. The van der Waals surface area contributed by atoms with Gasteiger partial charge in [0.25, 0.3) is 5.69 Å². The van der Waals surface area contributed by atoms with Gasteiger partial charge in [0.15, 0.2) is 0 Å². The number of halogens is 1. The number of nitrogens with zero attached hydrogens (tertiary/aromatic N) is 4. The molecular formula is C15H11ClN4O2S2. The molecule has 3 rings (SSSR count). The fourth-order valence-electron chi connectivity index (χ4n) is 2.03. The third-order valence-electron chi connectivity index (χ3n) is 3.14. The van der Waals surface area contributed by atoms with E-state index in [0.29, 0.717) is 5.56 Å². The molecule has 0 aliphatic heterocycles. The van der Waals surface area contributed by atoms with Crippen LogP contribution in [0.1, 0.15) is 5.56 Å². The quantitative estimate of drug-likeness (QED) is 0.386. The highest BCUT2D eigenvalue weighted by atomic mass is 35.5. The average molecular weight is 379 g/mol. The molecule has 0 radical (unpaired) electrons. The van der Waals surface area contributed by atoms with Crippen LogP contribution < -0.4 is 4.80 Å². The second kappa shape index (κ2) is 7.08. The summed E-state index contributed by atoms with van der Waals surface area (Å²) in [7, 11) is 1.70. The summed E-state index contributed by atoms with van der Waals surface area (Å²) in [5, 5.41) is 19.5. The van der Waals surface area contributed by atoms with Crippen LogP contribution in [0.25, 0.3) is 10.6 Å². The molecule has 0 aliphatic rings. The highest BCUT2D eigenvalue weighted by Crippen LogP contribution is 2.26. The second-order valence-corrected chi connectivity index (χ2v) is 6.82. The normalized spacial score (nSPS) is 12.2. The first-order valence-corrected chi connectivity index (χ1v) is 8.89. The number of hydrogen-bond acceptors (Lipinski definition) is 6.